The number of rotatable bonds is 6. The molecule has 1 amide bonds. The Morgan fingerprint density at radius 1 is 1.14 bits per heavy atom. The van der Waals surface area contributed by atoms with Crippen molar-refractivity contribution in [2.45, 2.75) is 39.0 Å². The number of carbonyl (C=O) groups excluding carboxylic acids is 2. The fraction of sp³-hybridized carbons (Fsp3) is 0.529. The van der Waals surface area contributed by atoms with E-state index in [-0.39, 0.29) is 11.7 Å². The van der Waals surface area contributed by atoms with Crippen LogP contribution in [0.3, 0.4) is 0 Å². The lowest BCUT2D eigenvalue weighted by atomic mass is 10.0. The maximum Gasteiger partial charge on any atom is 0.224 e. The van der Waals surface area contributed by atoms with Gasteiger partial charge in [-0.15, -0.1) is 0 Å². The Morgan fingerprint density at radius 3 is 2.27 bits per heavy atom. The summed E-state index contributed by atoms with van der Waals surface area (Å²) in [7, 11) is 3.04. The molecule has 1 aromatic carbocycles. The molecule has 1 aromatic rings. The van der Waals surface area contributed by atoms with Crippen molar-refractivity contribution in [2.24, 2.45) is 5.92 Å². The quantitative estimate of drug-likeness (QED) is 0.818. The van der Waals surface area contributed by atoms with Gasteiger partial charge in [-0.2, -0.15) is 0 Å². The van der Waals surface area contributed by atoms with Crippen LogP contribution in [0, 0.1) is 5.92 Å². The van der Waals surface area contributed by atoms with Crippen LogP contribution in [0.2, 0.25) is 0 Å². The predicted octanol–water partition coefficient (Wildman–Crippen LogP) is 3.43. The van der Waals surface area contributed by atoms with E-state index in [1.54, 1.807) is 12.1 Å². The zero-order valence-electron chi connectivity index (χ0n) is 13.4. The van der Waals surface area contributed by atoms with E-state index < -0.39 is 0 Å². The van der Waals surface area contributed by atoms with Gasteiger partial charge in [0.2, 0.25) is 5.91 Å². The minimum absolute atomic E-state index is 0.0541. The number of carbonyl (C=O) groups is 2. The molecule has 0 aromatic heterocycles. The lowest BCUT2D eigenvalue weighted by molar-refractivity contribution is -0.117. The Morgan fingerprint density at radius 2 is 1.73 bits per heavy atom. The molecule has 1 fully saturated rings. The highest BCUT2D eigenvalue weighted by Gasteiger charge is 2.20. The number of benzene rings is 1. The van der Waals surface area contributed by atoms with Crippen molar-refractivity contribution in [3.8, 4) is 11.5 Å². The number of amides is 1. The Labute approximate surface area is 131 Å². The molecule has 1 N–H and O–H groups in total. The summed E-state index contributed by atoms with van der Waals surface area (Å²) in [6.45, 7) is 1.47. The molecule has 0 atom stereocenters. The number of ketones is 1. The Hall–Kier alpha value is -2.04. The van der Waals surface area contributed by atoms with Crippen LogP contribution in [0.4, 0.5) is 5.69 Å². The number of anilines is 1. The number of methoxy groups -OCH3 is 2. The summed E-state index contributed by atoms with van der Waals surface area (Å²) >= 11 is 0. The Kier molecular flexibility index (Phi) is 5.41. The molecule has 1 saturated carbocycles. The Bertz CT molecular complexity index is 562. The maximum absolute atomic E-state index is 12.2. The molecule has 22 heavy (non-hydrogen) atoms. The van der Waals surface area contributed by atoms with Gasteiger partial charge in [-0.1, -0.05) is 12.8 Å². The molecule has 5 nitrogen and oxygen atoms in total. The van der Waals surface area contributed by atoms with Crippen molar-refractivity contribution in [3.05, 3.63) is 17.7 Å². The van der Waals surface area contributed by atoms with Gasteiger partial charge in [0, 0.05) is 18.1 Å². The molecule has 0 spiro atoms. The number of hydrogen-bond acceptors (Lipinski definition) is 4. The SMILES string of the molecule is COc1cc(NC(=O)CC2CCCC2)c(C(C)=O)cc1OC. The van der Waals surface area contributed by atoms with Crippen molar-refractivity contribution < 1.29 is 19.1 Å². The van der Waals surface area contributed by atoms with Crippen molar-refractivity contribution in [2.75, 3.05) is 19.5 Å². The zero-order chi connectivity index (χ0) is 16.1. The van der Waals surface area contributed by atoms with Gasteiger partial charge in [-0.05, 0) is 31.7 Å². The second-order valence-corrected chi connectivity index (χ2v) is 5.71. The first-order chi connectivity index (χ1) is 10.5. The van der Waals surface area contributed by atoms with Gasteiger partial charge >= 0.3 is 0 Å². The predicted molar refractivity (Wildman–Crippen MR) is 84.8 cm³/mol. The molecule has 0 saturated heterocycles. The average Bonchev–Trinajstić information content (AvgIpc) is 2.99. The van der Waals surface area contributed by atoms with E-state index in [9.17, 15) is 9.59 Å². The normalized spacial score (nSPS) is 14.7. The second kappa shape index (κ2) is 7.29. The van der Waals surface area contributed by atoms with E-state index in [1.807, 2.05) is 0 Å². The van der Waals surface area contributed by atoms with Gasteiger partial charge in [0.15, 0.2) is 17.3 Å². The molecule has 1 aliphatic rings. The molecule has 0 heterocycles. The summed E-state index contributed by atoms with van der Waals surface area (Å²) in [6.07, 6.45) is 5.13. The van der Waals surface area contributed by atoms with Crippen molar-refractivity contribution in [3.63, 3.8) is 0 Å². The van der Waals surface area contributed by atoms with Crippen LogP contribution in [-0.2, 0) is 4.79 Å². The van der Waals surface area contributed by atoms with Gasteiger partial charge in [0.25, 0.3) is 0 Å². The van der Waals surface area contributed by atoms with Crippen LogP contribution >= 0.6 is 0 Å². The van der Waals surface area contributed by atoms with E-state index in [0.717, 1.165) is 12.8 Å². The van der Waals surface area contributed by atoms with Crippen LogP contribution in [0.15, 0.2) is 12.1 Å². The molecule has 0 bridgehead atoms. The lowest BCUT2D eigenvalue weighted by Gasteiger charge is -2.15. The van der Waals surface area contributed by atoms with Gasteiger partial charge in [-0.3, -0.25) is 9.59 Å². The molecular weight excluding hydrogens is 282 g/mol. The molecular formula is C17H23NO4. The third-order valence-electron chi connectivity index (χ3n) is 4.13. The first-order valence-corrected chi connectivity index (χ1v) is 7.62. The lowest BCUT2D eigenvalue weighted by Crippen LogP contribution is -2.17. The molecule has 1 aliphatic carbocycles. The smallest absolute Gasteiger partial charge is 0.224 e. The summed E-state index contributed by atoms with van der Waals surface area (Å²) in [6, 6.07) is 3.24. The van der Waals surface area contributed by atoms with Gasteiger partial charge in [0.1, 0.15) is 0 Å². The Balaban J connectivity index is 2.20. The second-order valence-electron chi connectivity index (χ2n) is 5.71. The van der Waals surface area contributed by atoms with Crippen molar-refractivity contribution >= 4 is 17.4 Å². The van der Waals surface area contributed by atoms with Gasteiger partial charge < -0.3 is 14.8 Å². The highest BCUT2D eigenvalue weighted by Crippen LogP contribution is 2.34. The van der Waals surface area contributed by atoms with E-state index >= 15 is 0 Å². The monoisotopic (exact) mass is 305 g/mol. The fourth-order valence-electron chi connectivity index (χ4n) is 2.95. The largest absolute Gasteiger partial charge is 0.493 e. The van der Waals surface area contributed by atoms with Crippen LogP contribution in [0.5, 0.6) is 11.5 Å². The third-order valence-corrected chi connectivity index (χ3v) is 4.13. The molecule has 0 aliphatic heterocycles. The summed E-state index contributed by atoms with van der Waals surface area (Å²) in [5, 5.41) is 2.85. The minimum atomic E-state index is -0.128. The first-order valence-electron chi connectivity index (χ1n) is 7.62. The van der Waals surface area contributed by atoms with Crippen LogP contribution < -0.4 is 14.8 Å². The third kappa shape index (κ3) is 3.78. The summed E-state index contributed by atoms with van der Waals surface area (Å²) in [5.74, 6) is 1.24. The molecule has 5 heteroatoms. The van der Waals surface area contributed by atoms with Gasteiger partial charge in [0.05, 0.1) is 19.9 Å². The topological polar surface area (TPSA) is 64.6 Å². The molecule has 0 radical (unpaired) electrons. The van der Waals surface area contributed by atoms with Crippen LogP contribution in [0.25, 0.3) is 0 Å². The average molecular weight is 305 g/mol. The number of ether oxygens (including phenoxy) is 2. The van der Waals surface area contributed by atoms with Crippen LogP contribution in [-0.4, -0.2) is 25.9 Å². The zero-order valence-corrected chi connectivity index (χ0v) is 13.4. The fourth-order valence-corrected chi connectivity index (χ4v) is 2.95. The highest BCUT2D eigenvalue weighted by molar-refractivity contribution is 6.04. The maximum atomic E-state index is 12.2. The number of Topliss-reactive ketones (excluding diaryl/α,β-unsaturated/α-hetero) is 1. The first kappa shape index (κ1) is 16.3. The number of nitrogens with one attached hydrogen (secondary N) is 1. The van der Waals surface area contributed by atoms with E-state index in [1.165, 1.54) is 34.0 Å². The van der Waals surface area contributed by atoms with E-state index in [2.05, 4.69) is 5.32 Å². The van der Waals surface area contributed by atoms with Crippen LogP contribution in [0.1, 0.15) is 49.4 Å². The summed E-state index contributed by atoms with van der Waals surface area (Å²) < 4.78 is 10.4. The summed E-state index contributed by atoms with van der Waals surface area (Å²) in [5.41, 5.74) is 0.908. The molecule has 2 rings (SSSR count). The standard InChI is InChI=1S/C17H23NO4/c1-11(19)13-9-15(21-2)16(22-3)10-14(13)18-17(20)8-12-6-4-5-7-12/h9-10,12H,4-8H2,1-3H3,(H,18,20). The van der Waals surface area contributed by atoms with E-state index in [4.69, 9.17) is 9.47 Å². The highest BCUT2D eigenvalue weighted by atomic mass is 16.5. The van der Waals surface area contributed by atoms with E-state index in [0.29, 0.717) is 35.1 Å². The minimum Gasteiger partial charge on any atom is -0.493 e. The molecule has 0 unspecified atom stereocenters. The molecule has 120 valence electrons. The van der Waals surface area contributed by atoms with Gasteiger partial charge in [-0.25, -0.2) is 0 Å². The summed E-state index contributed by atoms with van der Waals surface area (Å²) in [4.78, 5) is 24.0. The van der Waals surface area contributed by atoms with Crippen molar-refractivity contribution in [1.29, 1.82) is 0 Å². The number of hydrogen-bond donors (Lipinski definition) is 1. The van der Waals surface area contributed by atoms with Crippen molar-refractivity contribution in [1.82, 2.24) is 0 Å².